The summed E-state index contributed by atoms with van der Waals surface area (Å²) in [5, 5.41) is 0. The molecule has 0 bridgehead atoms. The number of methoxy groups -OCH3 is 2. The Hall–Kier alpha value is -0.940. The monoisotopic (exact) mass is 202 g/mol. The maximum absolute atomic E-state index is 11.6. The Morgan fingerprint density at radius 2 is 1.71 bits per heavy atom. The number of nitrogens with zero attached hydrogens (tertiary/aromatic N) is 2. The van der Waals surface area contributed by atoms with Crippen molar-refractivity contribution in [2.24, 2.45) is 4.99 Å². The Bertz CT molecular complexity index is 232. The fourth-order valence-electron chi connectivity index (χ4n) is 0.606. The molecule has 0 spiro atoms. The van der Waals surface area contributed by atoms with Gasteiger partial charge in [0.25, 0.3) is 0 Å². The van der Waals surface area contributed by atoms with Gasteiger partial charge >= 0.3 is 5.91 Å². The highest BCUT2D eigenvalue weighted by Crippen LogP contribution is 2.12. The Balaban J connectivity index is 4.70. The largest absolute Gasteiger partial charge is 0.366 e. The molecule has 0 fully saturated rings. The Morgan fingerprint density at radius 1 is 1.29 bits per heavy atom. The van der Waals surface area contributed by atoms with Gasteiger partial charge < -0.3 is 14.4 Å². The Kier molecular flexibility index (Phi) is 4.73. The highest BCUT2D eigenvalue weighted by atomic mass is 16.7. The van der Waals surface area contributed by atoms with Crippen LogP contribution in [0.25, 0.3) is 0 Å². The summed E-state index contributed by atoms with van der Waals surface area (Å²) in [5.74, 6) is -1.14. The number of hydrogen-bond acceptors (Lipinski definition) is 3. The van der Waals surface area contributed by atoms with E-state index in [1.54, 1.807) is 11.8 Å². The Morgan fingerprint density at radius 3 is 2.00 bits per heavy atom. The minimum Gasteiger partial charge on any atom is -0.366 e. The number of carbonyl (C=O) groups excluding carboxylic acids is 1. The van der Waals surface area contributed by atoms with Crippen LogP contribution in [0.15, 0.2) is 4.99 Å². The number of carbonyl (C=O) groups is 1. The fourth-order valence-corrected chi connectivity index (χ4v) is 0.606. The summed E-state index contributed by atoms with van der Waals surface area (Å²) in [4.78, 5) is 17.2. The first-order valence-electron chi connectivity index (χ1n) is 4.24. The van der Waals surface area contributed by atoms with Gasteiger partial charge in [0, 0.05) is 28.3 Å². The molecular weight excluding hydrogens is 184 g/mol. The van der Waals surface area contributed by atoms with Crippen molar-refractivity contribution in [3.63, 3.8) is 0 Å². The molecule has 14 heavy (non-hydrogen) atoms. The molecule has 0 aromatic rings. The first-order valence-corrected chi connectivity index (χ1v) is 4.24. The van der Waals surface area contributed by atoms with Gasteiger partial charge in [-0.25, -0.2) is 0 Å². The number of ether oxygens (including phenoxy) is 2. The summed E-state index contributed by atoms with van der Waals surface area (Å²) in [5.41, 5.74) is 0. The molecule has 0 unspecified atom stereocenters. The van der Waals surface area contributed by atoms with Crippen LogP contribution in [-0.4, -0.2) is 50.7 Å². The van der Waals surface area contributed by atoms with Crippen molar-refractivity contribution in [3.05, 3.63) is 0 Å². The van der Waals surface area contributed by atoms with E-state index in [1.165, 1.54) is 21.1 Å². The van der Waals surface area contributed by atoms with Gasteiger partial charge in [0.15, 0.2) is 0 Å². The standard InChI is InChI=1S/C9H18N2O3/c1-7(11(3)4)10-8(12)9(2,13-5)14-6/h1-6H3. The third-order valence-electron chi connectivity index (χ3n) is 2.08. The van der Waals surface area contributed by atoms with Crippen LogP contribution in [0.5, 0.6) is 0 Å². The van der Waals surface area contributed by atoms with Gasteiger partial charge in [0.2, 0.25) is 5.79 Å². The smallest absolute Gasteiger partial charge is 0.307 e. The molecule has 5 nitrogen and oxygen atoms in total. The Labute approximate surface area is 84.7 Å². The van der Waals surface area contributed by atoms with Crippen LogP contribution in [0.3, 0.4) is 0 Å². The lowest BCUT2D eigenvalue weighted by Gasteiger charge is -2.22. The van der Waals surface area contributed by atoms with Gasteiger partial charge in [-0.3, -0.25) is 4.79 Å². The molecule has 0 saturated carbocycles. The van der Waals surface area contributed by atoms with Crippen molar-refractivity contribution in [1.82, 2.24) is 4.90 Å². The molecule has 0 saturated heterocycles. The van der Waals surface area contributed by atoms with Gasteiger partial charge in [-0.15, -0.1) is 0 Å². The second-order valence-electron chi connectivity index (χ2n) is 3.21. The van der Waals surface area contributed by atoms with Gasteiger partial charge in [0.1, 0.15) is 5.84 Å². The molecule has 0 radical (unpaired) electrons. The molecule has 0 N–H and O–H groups in total. The zero-order valence-corrected chi connectivity index (χ0v) is 9.62. The number of amides is 1. The maximum atomic E-state index is 11.6. The maximum Gasteiger partial charge on any atom is 0.307 e. The van der Waals surface area contributed by atoms with E-state index in [0.29, 0.717) is 5.84 Å². The van der Waals surface area contributed by atoms with E-state index in [9.17, 15) is 4.79 Å². The van der Waals surface area contributed by atoms with Gasteiger partial charge in [-0.1, -0.05) is 0 Å². The average molecular weight is 202 g/mol. The minimum atomic E-state index is -1.29. The molecule has 82 valence electrons. The SMILES string of the molecule is COC(C)(OC)C(=O)N=C(C)N(C)C. The van der Waals surface area contributed by atoms with Gasteiger partial charge in [-0.2, -0.15) is 4.99 Å². The lowest BCUT2D eigenvalue weighted by atomic mass is 10.3. The van der Waals surface area contributed by atoms with Crippen LogP contribution < -0.4 is 0 Å². The van der Waals surface area contributed by atoms with E-state index < -0.39 is 11.7 Å². The first-order chi connectivity index (χ1) is 6.37. The summed E-state index contributed by atoms with van der Waals surface area (Å²) in [6.45, 7) is 3.27. The molecular formula is C9H18N2O3. The second kappa shape index (κ2) is 5.07. The second-order valence-corrected chi connectivity index (χ2v) is 3.21. The van der Waals surface area contributed by atoms with E-state index in [4.69, 9.17) is 9.47 Å². The quantitative estimate of drug-likeness (QED) is 0.380. The minimum absolute atomic E-state index is 0.450. The predicted octanol–water partition coefficient (Wildman–Crippen LogP) is 0.502. The lowest BCUT2D eigenvalue weighted by molar-refractivity contribution is -0.197. The zero-order chi connectivity index (χ0) is 11.4. The molecule has 0 aliphatic rings. The van der Waals surface area contributed by atoms with Gasteiger partial charge in [-0.05, 0) is 13.8 Å². The molecule has 0 aromatic carbocycles. The van der Waals surface area contributed by atoms with Crippen LogP contribution in [0.2, 0.25) is 0 Å². The van der Waals surface area contributed by atoms with Crippen LogP contribution >= 0.6 is 0 Å². The van der Waals surface area contributed by atoms with Crippen molar-refractivity contribution in [1.29, 1.82) is 0 Å². The van der Waals surface area contributed by atoms with Crippen molar-refractivity contribution >= 4 is 11.7 Å². The number of aliphatic imine (C=N–C) groups is 1. The highest BCUT2D eigenvalue weighted by molar-refractivity contribution is 5.96. The predicted molar refractivity (Wildman–Crippen MR) is 54.2 cm³/mol. The highest BCUT2D eigenvalue weighted by Gasteiger charge is 2.33. The summed E-state index contributed by atoms with van der Waals surface area (Å²) in [7, 11) is 6.43. The molecule has 5 heteroatoms. The zero-order valence-electron chi connectivity index (χ0n) is 9.62. The van der Waals surface area contributed by atoms with E-state index in [-0.39, 0.29) is 0 Å². The fraction of sp³-hybridized carbons (Fsp3) is 0.778. The van der Waals surface area contributed by atoms with E-state index >= 15 is 0 Å². The van der Waals surface area contributed by atoms with E-state index in [2.05, 4.69) is 4.99 Å². The third-order valence-corrected chi connectivity index (χ3v) is 2.08. The summed E-state index contributed by atoms with van der Waals surface area (Å²) in [6.07, 6.45) is 0. The van der Waals surface area contributed by atoms with Crippen molar-refractivity contribution in [2.45, 2.75) is 19.6 Å². The van der Waals surface area contributed by atoms with Crippen LogP contribution in [-0.2, 0) is 14.3 Å². The van der Waals surface area contributed by atoms with E-state index in [0.717, 1.165) is 0 Å². The third kappa shape index (κ3) is 3.08. The summed E-state index contributed by atoms with van der Waals surface area (Å²) < 4.78 is 9.86. The number of hydrogen-bond donors (Lipinski definition) is 0. The molecule has 0 heterocycles. The first kappa shape index (κ1) is 13.1. The summed E-state index contributed by atoms with van der Waals surface area (Å²) >= 11 is 0. The normalized spacial score (nSPS) is 12.9. The number of amidine groups is 1. The summed E-state index contributed by atoms with van der Waals surface area (Å²) in [6, 6.07) is 0. The molecule has 0 aliphatic heterocycles. The topological polar surface area (TPSA) is 51.1 Å². The molecule has 1 amide bonds. The lowest BCUT2D eigenvalue weighted by Crippen LogP contribution is -2.39. The van der Waals surface area contributed by atoms with Crippen LogP contribution in [0.4, 0.5) is 0 Å². The van der Waals surface area contributed by atoms with Crippen molar-refractivity contribution in [3.8, 4) is 0 Å². The van der Waals surface area contributed by atoms with Crippen LogP contribution in [0.1, 0.15) is 13.8 Å². The number of rotatable bonds is 3. The molecule has 0 aromatic heterocycles. The van der Waals surface area contributed by atoms with Gasteiger partial charge in [0.05, 0.1) is 0 Å². The van der Waals surface area contributed by atoms with Crippen molar-refractivity contribution < 1.29 is 14.3 Å². The molecule has 0 rings (SSSR count). The molecule has 0 atom stereocenters. The molecule has 0 aliphatic carbocycles. The van der Waals surface area contributed by atoms with Crippen LogP contribution in [0, 0.1) is 0 Å². The average Bonchev–Trinajstić information content (AvgIpc) is 2.16. The van der Waals surface area contributed by atoms with Crippen molar-refractivity contribution in [2.75, 3.05) is 28.3 Å². The van der Waals surface area contributed by atoms with E-state index in [1.807, 2.05) is 14.1 Å².